The van der Waals surface area contributed by atoms with Crippen molar-refractivity contribution >= 4 is 75.1 Å². The number of fused-ring (bicyclic) bond motifs is 1. The van der Waals surface area contributed by atoms with Gasteiger partial charge in [0.25, 0.3) is 0 Å². The molecule has 0 radical (unpaired) electrons. The number of anilines is 1. The Labute approximate surface area is 327 Å². The van der Waals surface area contributed by atoms with Gasteiger partial charge in [0.05, 0.1) is 19.5 Å². The van der Waals surface area contributed by atoms with Gasteiger partial charge in [0.15, 0.2) is 22.8 Å². The van der Waals surface area contributed by atoms with Crippen molar-refractivity contribution in [1.29, 1.82) is 0 Å². The molecule has 1 aliphatic heterocycles. The number of nitrogens with two attached hydrogens (primary N) is 1. The number of carbonyl (C=O) groups excluding carboxylic acids is 3. The van der Waals surface area contributed by atoms with Crippen molar-refractivity contribution in [3.05, 3.63) is 24.3 Å². The van der Waals surface area contributed by atoms with E-state index in [1.165, 1.54) is 20.8 Å². The second-order valence-electron chi connectivity index (χ2n) is 12.8. The largest absolute Gasteiger partial charge is 0.481 e. The van der Waals surface area contributed by atoms with Crippen LogP contribution < -0.4 is 16.4 Å². The number of rotatable bonds is 22. The maximum absolute atomic E-state index is 12.7. The number of nitrogens with zero attached hydrogens (tertiary/aromatic N) is 4. The fraction of sp³-hybridized carbons (Fsp3) is 0.593. The first-order valence-corrected chi connectivity index (χ1v) is 21.8. The number of aromatic nitrogens is 4. The molecule has 320 valence electrons. The van der Waals surface area contributed by atoms with Gasteiger partial charge in [-0.1, -0.05) is 31.2 Å². The Kier molecular flexibility index (Phi) is 17.0. The number of phosphoric ester groups is 3. The molecule has 0 aliphatic carbocycles. The summed E-state index contributed by atoms with van der Waals surface area (Å²) in [7, 11) is -16.4. The lowest BCUT2D eigenvalue weighted by Crippen LogP contribution is -2.46. The van der Waals surface area contributed by atoms with Crippen LogP contribution in [0.5, 0.6) is 0 Å². The minimum Gasteiger partial charge on any atom is -0.478 e. The molecule has 2 unspecified atom stereocenters. The zero-order valence-electron chi connectivity index (χ0n) is 30.2. The molecule has 11 N–H and O–H groups in total. The molecule has 1 fully saturated rings. The smallest absolute Gasteiger partial charge is 0.478 e. The summed E-state index contributed by atoms with van der Waals surface area (Å²) >= 11 is 0.892. The van der Waals surface area contributed by atoms with E-state index in [2.05, 4.69) is 34.4 Å². The van der Waals surface area contributed by atoms with Crippen LogP contribution in [0.25, 0.3) is 11.2 Å². The highest BCUT2D eigenvalue weighted by Crippen LogP contribution is 2.61. The summed E-state index contributed by atoms with van der Waals surface area (Å²) in [5.74, 6) is -2.55. The van der Waals surface area contributed by atoms with Crippen LogP contribution in [0.1, 0.15) is 39.8 Å². The van der Waals surface area contributed by atoms with E-state index in [4.69, 9.17) is 24.6 Å². The summed E-state index contributed by atoms with van der Waals surface area (Å²) in [4.78, 5) is 98.0. The molecule has 0 aromatic carbocycles. The number of ether oxygens (including phenoxy) is 1. The molecule has 3 rings (SSSR count). The third-order valence-electron chi connectivity index (χ3n) is 7.56. The van der Waals surface area contributed by atoms with Crippen LogP contribution in [0, 0.1) is 5.41 Å². The first kappa shape index (κ1) is 48.1. The van der Waals surface area contributed by atoms with Crippen LogP contribution in [0.15, 0.2) is 24.3 Å². The van der Waals surface area contributed by atoms with Gasteiger partial charge in [-0.05, 0) is 6.92 Å². The first-order chi connectivity index (χ1) is 26.3. The van der Waals surface area contributed by atoms with Crippen molar-refractivity contribution in [3.8, 4) is 0 Å². The molecular formula is C27H42N7O19P3S. The molecule has 26 nitrogen and oxygen atoms in total. The summed E-state index contributed by atoms with van der Waals surface area (Å²) in [6, 6.07) is 0. The van der Waals surface area contributed by atoms with Gasteiger partial charge in [0, 0.05) is 43.2 Å². The van der Waals surface area contributed by atoms with Crippen LogP contribution >= 0.6 is 35.2 Å². The number of allylic oxidation sites excluding steroid dienone is 1. The predicted molar refractivity (Wildman–Crippen MR) is 193 cm³/mol. The normalized spacial score (nSPS) is 21.7. The van der Waals surface area contributed by atoms with Gasteiger partial charge in [0.1, 0.15) is 36.3 Å². The van der Waals surface area contributed by atoms with Crippen molar-refractivity contribution in [2.45, 2.75) is 64.3 Å². The number of nitrogen functional groups attached to an aromatic ring is 1. The highest BCUT2D eigenvalue weighted by atomic mass is 32.2. The molecule has 2 aromatic heterocycles. The van der Waals surface area contributed by atoms with Crippen LogP contribution in [0.2, 0.25) is 0 Å². The Morgan fingerprint density at radius 2 is 1.74 bits per heavy atom. The standard InChI is InChI=1S/C27H42N7O19P3S/c1-14(8-17(36)37)9-18(38)57-7-6-29-16(35)4-5-30-25(41)22(40)27(2,3)11-50-56(47,48)53-55(45,46)49-10-15-21(52-54(42,43)44)20(39)26(51-15)34-13-33-19-23(28)31-12-32-24(19)34/h8,12-13,15,20-22,26,39-40H,4-7,9-11H2,1-3H3,(H,29,35)(H,30,41)(H,36,37)(H,45,46)(H,47,48)(H2,28,31,32)(H2,42,43,44)/b14-8+/t15-,20-,21-,22+,26-/m1/s1. The number of nitrogens with one attached hydrogen (secondary N) is 2. The monoisotopic (exact) mass is 893 g/mol. The number of aliphatic hydroxyl groups excluding tert-OH is 2. The van der Waals surface area contributed by atoms with E-state index in [0.29, 0.717) is 5.57 Å². The summed E-state index contributed by atoms with van der Waals surface area (Å²) in [6.45, 7) is 1.72. The molecule has 0 bridgehead atoms. The van der Waals surface area contributed by atoms with Crippen molar-refractivity contribution in [1.82, 2.24) is 30.2 Å². The summed E-state index contributed by atoms with van der Waals surface area (Å²) in [5.41, 5.74) is 4.56. The number of amides is 2. The second-order valence-corrected chi connectivity index (χ2v) is 18.2. The molecule has 2 aromatic rings. The number of phosphoric acid groups is 3. The molecule has 1 aliphatic rings. The molecule has 57 heavy (non-hydrogen) atoms. The number of aliphatic carboxylic acids is 1. The van der Waals surface area contributed by atoms with E-state index >= 15 is 0 Å². The minimum atomic E-state index is -5.59. The molecular weight excluding hydrogens is 851 g/mol. The number of carboxylic acid groups (broad SMARTS) is 1. The summed E-state index contributed by atoms with van der Waals surface area (Å²) in [6.07, 6.45) is -6.25. The number of carbonyl (C=O) groups is 4. The van der Waals surface area contributed by atoms with Crippen LogP contribution in [-0.4, -0.2) is 134 Å². The fourth-order valence-corrected chi connectivity index (χ4v) is 8.43. The van der Waals surface area contributed by atoms with Gasteiger partial charge in [-0.2, -0.15) is 4.31 Å². The minimum absolute atomic E-state index is 0.0194. The van der Waals surface area contributed by atoms with Crippen molar-refractivity contribution < 1.29 is 90.4 Å². The van der Waals surface area contributed by atoms with E-state index in [1.54, 1.807) is 0 Å². The highest BCUT2D eigenvalue weighted by molar-refractivity contribution is 8.13. The van der Waals surface area contributed by atoms with E-state index in [0.717, 1.165) is 35.1 Å². The first-order valence-electron chi connectivity index (χ1n) is 16.3. The number of hydrogen-bond acceptors (Lipinski definition) is 19. The van der Waals surface area contributed by atoms with E-state index in [1.807, 2.05) is 0 Å². The number of thioether (sulfide) groups is 1. The fourth-order valence-electron chi connectivity index (χ4n) is 4.84. The Balaban J connectivity index is 1.48. The lowest BCUT2D eigenvalue weighted by Gasteiger charge is -2.30. The molecule has 1 saturated heterocycles. The van der Waals surface area contributed by atoms with E-state index < -0.39 is 90.5 Å². The van der Waals surface area contributed by atoms with Crippen LogP contribution in [0.3, 0.4) is 0 Å². The zero-order chi connectivity index (χ0) is 42.9. The number of imidazole rings is 1. The van der Waals surface area contributed by atoms with Gasteiger partial charge in [-0.25, -0.2) is 33.4 Å². The number of aliphatic hydroxyl groups is 2. The lowest BCUT2D eigenvalue weighted by atomic mass is 9.87. The maximum Gasteiger partial charge on any atom is 0.481 e. The lowest BCUT2D eigenvalue weighted by molar-refractivity contribution is -0.137. The quantitative estimate of drug-likeness (QED) is 0.0388. The molecule has 0 spiro atoms. The van der Waals surface area contributed by atoms with Gasteiger partial charge in [-0.15, -0.1) is 0 Å². The average molecular weight is 894 g/mol. The molecule has 7 atom stereocenters. The van der Waals surface area contributed by atoms with E-state index in [9.17, 15) is 62.7 Å². The van der Waals surface area contributed by atoms with Crippen LogP contribution in [-0.2, 0) is 55.5 Å². The van der Waals surface area contributed by atoms with Crippen molar-refractivity contribution in [2.75, 3.05) is 37.8 Å². The molecule has 30 heteroatoms. The molecule has 0 saturated carbocycles. The molecule has 2 amide bonds. The molecule has 3 heterocycles. The highest BCUT2D eigenvalue weighted by Gasteiger charge is 2.50. The van der Waals surface area contributed by atoms with Crippen molar-refractivity contribution in [3.63, 3.8) is 0 Å². The maximum atomic E-state index is 12.7. The zero-order valence-corrected chi connectivity index (χ0v) is 33.7. The van der Waals surface area contributed by atoms with Crippen molar-refractivity contribution in [2.24, 2.45) is 5.41 Å². The predicted octanol–water partition coefficient (Wildman–Crippen LogP) is -0.914. The Hall–Kier alpha value is -3.23. The third-order valence-corrected chi connectivity index (χ3v) is 11.5. The van der Waals surface area contributed by atoms with Gasteiger partial charge in [-0.3, -0.25) is 32.5 Å². The number of carboxylic acids is 1. The Bertz CT molecular complexity index is 1960. The van der Waals surface area contributed by atoms with Gasteiger partial charge in [0.2, 0.25) is 11.8 Å². The Morgan fingerprint density at radius 1 is 1.07 bits per heavy atom. The Morgan fingerprint density at radius 3 is 2.39 bits per heavy atom. The topological polar surface area (TPSA) is 401 Å². The average Bonchev–Trinajstić information content (AvgIpc) is 3.64. The van der Waals surface area contributed by atoms with Gasteiger partial charge < -0.3 is 56.0 Å². The van der Waals surface area contributed by atoms with Crippen LogP contribution in [0.4, 0.5) is 5.82 Å². The van der Waals surface area contributed by atoms with E-state index in [-0.39, 0.29) is 53.8 Å². The summed E-state index contributed by atoms with van der Waals surface area (Å²) in [5, 5.41) is 34.6. The second kappa shape index (κ2) is 20.2. The third kappa shape index (κ3) is 15.1. The number of hydrogen-bond donors (Lipinski definition) is 10. The SMILES string of the molecule is C/C(=C\C(=O)O)CC(=O)SCCNC(=O)CCNC(=O)[C@H](O)C(C)(C)COP(=O)(O)OP(=O)(O)OC[C@H]1O[C@@H](n2cnc3c(N)ncnc32)[C@H](O)[C@@H]1OP(=O)(O)O. The van der Waals surface area contributed by atoms with Gasteiger partial charge >= 0.3 is 29.4 Å². The summed E-state index contributed by atoms with van der Waals surface area (Å²) < 4.78 is 62.0.